The summed E-state index contributed by atoms with van der Waals surface area (Å²) in [6.07, 6.45) is 6.18. The molecule has 0 heterocycles. The van der Waals surface area contributed by atoms with Crippen molar-refractivity contribution in [1.29, 1.82) is 0 Å². The number of aryl methyl sites for hydroxylation is 2. The monoisotopic (exact) mass is 328 g/mol. The molecule has 2 unspecified atom stereocenters. The van der Waals surface area contributed by atoms with E-state index in [0.717, 1.165) is 19.3 Å². The van der Waals surface area contributed by atoms with Gasteiger partial charge in [-0.1, -0.05) is 6.42 Å². The minimum absolute atomic E-state index is 0.0394. The summed E-state index contributed by atoms with van der Waals surface area (Å²) in [7, 11) is -3.48. The maximum atomic E-state index is 12.7. The molecule has 1 aromatic rings. The van der Waals surface area contributed by atoms with Gasteiger partial charge in [-0.2, -0.15) is 11.8 Å². The number of sulfonamides is 1. The predicted octanol–water partition coefficient (Wildman–Crippen LogP) is 2.84. The summed E-state index contributed by atoms with van der Waals surface area (Å²) in [5.74, 6) is 0. The average molecular weight is 329 g/mol. The first-order chi connectivity index (χ1) is 9.83. The summed E-state index contributed by atoms with van der Waals surface area (Å²) in [5.41, 5.74) is 7.79. The number of thioether (sulfide) groups is 1. The normalized spacial score (nSPS) is 23.2. The highest BCUT2D eigenvalue weighted by Gasteiger charge is 2.27. The van der Waals surface area contributed by atoms with Gasteiger partial charge in [-0.05, 0) is 62.6 Å². The van der Waals surface area contributed by atoms with Crippen molar-refractivity contribution in [3.05, 3.63) is 23.3 Å². The zero-order chi connectivity index (χ0) is 15.6. The number of hydrogen-bond acceptors (Lipinski definition) is 4. The number of anilines is 1. The number of rotatable bonds is 4. The van der Waals surface area contributed by atoms with Gasteiger partial charge in [0.1, 0.15) is 0 Å². The molecular formula is C15H24N2O2S2. The van der Waals surface area contributed by atoms with E-state index in [1.54, 1.807) is 26.0 Å². The van der Waals surface area contributed by atoms with Crippen molar-refractivity contribution < 1.29 is 8.42 Å². The molecule has 6 heteroatoms. The smallest absolute Gasteiger partial charge is 0.241 e. The molecule has 0 radical (unpaired) electrons. The number of benzene rings is 1. The van der Waals surface area contributed by atoms with Crippen molar-refractivity contribution in [3.63, 3.8) is 0 Å². The van der Waals surface area contributed by atoms with E-state index in [2.05, 4.69) is 11.0 Å². The van der Waals surface area contributed by atoms with Crippen molar-refractivity contribution >= 4 is 27.5 Å². The topological polar surface area (TPSA) is 72.2 Å². The highest BCUT2D eigenvalue weighted by molar-refractivity contribution is 7.99. The lowest BCUT2D eigenvalue weighted by atomic mass is 9.96. The number of hydrogen-bond donors (Lipinski definition) is 2. The standard InChI is InChI=1S/C15H24N2O2S2/c1-10-7-12(16)8-11(2)15(10)21(18,19)17-13-5-4-6-14(9-13)20-3/h7-8,13-14,17H,4-6,9,16H2,1-3H3. The molecule has 1 aromatic carbocycles. The molecule has 0 saturated heterocycles. The van der Waals surface area contributed by atoms with E-state index in [9.17, 15) is 8.42 Å². The second-order valence-corrected chi connectivity index (χ2v) is 8.62. The molecule has 0 aromatic heterocycles. The minimum atomic E-state index is -3.48. The Morgan fingerprint density at radius 3 is 2.43 bits per heavy atom. The van der Waals surface area contributed by atoms with Crippen LogP contribution in [0.3, 0.4) is 0 Å². The summed E-state index contributed by atoms with van der Waals surface area (Å²) in [5, 5.41) is 0.556. The third kappa shape index (κ3) is 3.93. The predicted molar refractivity (Wildman–Crippen MR) is 90.2 cm³/mol. The zero-order valence-electron chi connectivity index (χ0n) is 12.8. The van der Waals surface area contributed by atoms with Crippen molar-refractivity contribution in [1.82, 2.24) is 4.72 Å². The molecule has 3 N–H and O–H groups in total. The van der Waals surface area contributed by atoms with Crippen LogP contribution in [0.2, 0.25) is 0 Å². The molecule has 2 atom stereocenters. The van der Waals surface area contributed by atoms with Crippen LogP contribution in [0, 0.1) is 13.8 Å². The van der Waals surface area contributed by atoms with E-state index in [4.69, 9.17) is 5.73 Å². The number of nitrogens with one attached hydrogen (secondary N) is 1. The van der Waals surface area contributed by atoms with Gasteiger partial charge >= 0.3 is 0 Å². The van der Waals surface area contributed by atoms with Crippen LogP contribution in [0.1, 0.15) is 36.8 Å². The van der Waals surface area contributed by atoms with Gasteiger partial charge in [-0.3, -0.25) is 0 Å². The van der Waals surface area contributed by atoms with Crippen molar-refractivity contribution in [2.45, 2.75) is 55.7 Å². The molecule has 1 aliphatic rings. The van der Waals surface area contributed by atoms with E-state index >= 15 is 0 Å². The molecule has 21 heavy (non-hydrogen) atoms. The summed E-state index contributed by atoms with van der Waals surface area (Å²) >= 11 is 1.83. The van der Waals surface area contributed by atoms with Crippen molar-refractivity contribution in [2.75, 3.05) is 12.0 Å². The fourth-order valence-electron chi connectivity index (χ4n) is 3.15. The highest BCUT2D eigenvalue weighted by Crippen LogP contribution is 2.29. The van der Waals surface area contributed by atoms with E-state index in [1.807, 2.05) is 11.8 Å². The molecule has 0 amide bonds. The van der Waals surface area contributed by atoms with E-state index < -0.39 is 10.0 Å². The van der Waals surface area contributed by atoms with Gasteiger partial charge < -0.3 is 5.73 Å². The molecule has 1 saturated carbocycles. The first kappa shape index (κ1) is 16.6. The Balaban J connectivity index is 2.23. The first-order valence-electron chi connectivity index (χ1n) is 7.25. The second-order valence-electron chi connectivity index (χ2n) is 5.83. The van der Waals surface area contributed by atoms with Crippen LogP contribution < -0.4 is 10.5 Å². The lowest BCUT2D eigenvalue weighted by Crippen LogP contribution is -2.39. The van der Waals surface area contributed by atoms with Crippen molar-refractivity contribution in [2.24, 2.45) is 0 Å². The summed E-state index contributed by atoms with van der Waals surface area (Å²) in [6, 6.07) is 3.47. The summed E-state index contributed by atoms with van der Waals surface area (Å²) in [6.45, 7) is 3.59. The Bertz CT molecular complexity index is 591. The molecule has 4 nitrogen and oxygen atoms in total. The molecule has 2 rings (SSSR count). The molecule has 0 spiro atoms. The van der Waals surface area contributed by atoms with Crippen LogP contribution in [0.4, 0.5) is 5.69 Å². The number of nitrogens with two attached hydrogens (primary N) is 1. The fraction of sp³-hybridized carbons (Fsp3) is 0.600. The van der Waals surface area contributed by atoms with Gasteiger partial charge in [0.25, 0.3) is 0 Å². The van der Waals surface area contributed by atoms with Gasteiger partial charge in [0.15, 0.2) is 0 Å². The maximum absolute atomic E-state index is 12.7. The van der Waals surface area contributed by atoms with Gasteiger partial charge in [0.05, 0.1) is 4.90 Å². The van der Waals surface area contributed by atoms with Gasteiger partial charge in [0, 0.05) is 17.0 Å². The van der Waals surface area contributed by atoms with Crippen LogP contribution in [0.5, 0.6) is 0 Å². The Morgan fingerprint density at radius 1 is 1.24 bits per heavy atom. The lowest BCUT2D eigenvalue weighted by Gasteiger charge is -2.29. The Hall–Kier alpha value is -0.720. The van der Waals surface area contributed by atoms with Crippen molar-refractivity contribution in [3.8, 4) is 0 Å². The maximum Gasteiger partial charge on any atom is 0.241 e. The molecule has 1 aliphatic carbocycles. The van der Waals surface area contributed by atoms with Gasteiger partial charge in [-0.15, -0.1) is 0 Å². The SMILES string of the molecule is CSC1CCCC(NS(=O)(=O)c2c(C)cc(N)cc2C)C1. The minimum Gasteiger partial charge on any atom is -0.399 e. The second kappa shape index (κ2) is 6.58. The quantitative estimate of drug-likeness (QED) is 0.834. The highest BCUT2D eigenvalue weighted by atomic mass is 32.2. The Kier molecular flexibility index (Phi) is 5.22. The van der Waals surface area contributed by atoms with Crippen LogP contribution in [-0.2, 0) is 10.0 Å². The summed E-state index contributed by atoms with van der Waals surface area (Å²) < 4.78 is 28.3. The van der Waals surface area contributed by atoms with Crippen LogP contribution >= 0.6 is 11.8 Å². The van der Waals surface area contributed by atoms with E-state index in [-0.39, 0.29) is 6.04 Å². The largest absolute Gasteiger partial charge is 0.399 e. The summed E-state index contributed by atoms with van der Waals surface area (Å²) in [4.78, 5) is 0.378. The molecule has 1 fully saturated rings. The van der Waals surface area contributed by atoms with Crippen LogP contribution in [0.25, 0.3) is 0 Å². The first-order valence-corrected chi connectivity index (χ1v) is 10.0. The van der Waals surface area contributed by atoms with Gasteiger partial charge in [-0.25, -0.2) is 13.1 Å². The van der Waals surface area contributed by atoms with Gasteiger partial charge in [0.2, 0.25) is 10.0 Å². The Morgan fingerprint density at radius 2 is 1.86 bits per heavy atom. The Labute approximate surface area is 131 Å². The zero-order valence-corrected chi connectivity index (χ0v) is 14.5. The third-order valence-corrected chi connectivity index (χ3v) is 6.95. The van der Waals surface area contributed by atoms with Crippen LogP contribution in [0.15, 0.2) is 17.0 Å². The molecule has 0 aliphatic heterocycles. The number of nitrogen functional groups attached to an aromatic ring is 1. The van der Waals surface area contributed by atoms with Crippen LogP contribution in [-0.4, -0.2) is 26.0 Å². The fourth-order valence-corrected chi connectivity index (χ4v) is 5.72. The average Bonchev–Trinajstić information content (AvgIpc) is 2.36. The van der Waals surface area contributed by atoms with E-state index in [1.165, 1.54) is 6.42 Å². The molecule has 0 bridgehead atoms. The molecular weight excluding hydrogens is 304 g/mol. The third-order valence-electron chi connectivity index (χ3n) is 4.03. The lowest BCUT2D eigenvalue weighted by molar-refractivity contribution is 0.420. The molecule has 118 valence electrons. The van der Waals surface area contributed by atoms with E-state index in [0.29, 0.717) is 27.0 Å².